The van der Waals surface area contributed by atoms with Crippen molar-refractivity contribution in [3.63, 3.8) is 0 Å². The summed E-state index contributed by atoms with van der Waals surface area (Å²) < 4.78 is 2.06. The zero-order valence-corrected chi connectivity index (χ0v) is 17.4. The normalized spacial score (nSPS) is 18.7. The summed E-state index contributed by atoms with van der Waals surface area (Å²) in [6, 6.07) is 28.2. The second kappa shape index (κ2) is 8.70. The van der Waals surface area contributed by atoms with Crippen LogP contribution in [0.1, 0.15) is 18.9 Å². The third-order valence-corrected chi connectivity index (χ3v) is 6.06. The van der Waals surface area contributed by atoms with Gasteiger partial charge >= 0.3 is 0 Å². The van der Waals surface area contributed by atoms with Gasteiger partial charge in [-0.25, -0.2) is 4.68 Å². The van der Waals surface area contributed by atoms with E-state index in [9.17, 15) is 4.79 Å². The number of hydrogen-bond acceptors (Lipinski definition) is 3. The van der Waals surface area contributed by atoms with Crippen LogP contribution in [0.25, 0.3) is 11.0 Å². The molecule has 4 aromatic rings. The molecule has 0 spiro atoms. The second-order valence-electron chi connectivity index (χ2n) is 8.08. The Kier molecular flexibility index (Phi) is 5.46. The molecular weight excluding hydrogens is 386 g/mol. The number of rotatable bonds is 5. The van der Waals surface area contributed by atoms with Crippen LogP contribution in [0.4, 0.5) is 11.4 Å². The van der Waals surface area contributed by atoms with E-state index in [0.717, 1.165) is 48.3 Å². The largest absolute Gasteiger partial charge is 0.327 e. The first-order chi connectivity index (χ1) is 15.3. The molecule has 1 saturated heterocycles. The van der Waals surface area contributed by atoms with Gasteiger partial charge in [0.25, 0.3) is 5.91 Å². The van der Waals surface area contributed by atoms with Crippen molar-refractivity contribution in [2.24, 2.45) is 0 Å². The van der Waals surface area contributed by atoms with Gasteiger partial charge in [-0.1, -0.05) is 53.7 Å². The molecule has 0 atom stereocenters. The first-order valence-corrected chi connectivity index (χ1v) is 10.9. The molecular formula is C25H26N5O+. The maximum Gasteiger partial charge on any atom is 0.286 e. The van der Waals surface area contributed by atoms with Crippen LogP contribution >= 0.6 is 0 Å². The number of quaternary nitrogens is 1. The van der Waals surface area contributed by atoms with Crippen molar-refractivity contribution in [1.29, 1.82) is 0 Å². The second-order valence-corrected chi connectivity index (χ2v) is 8.08. The van der Waals surface area contributed by atoms with E-state index in [2.05, 4.69) is 21.1 Å². The van der Waals surface area contributed by atoms with Gasteiger partial charge in [0.2, 0.25) is 0 Å². The number of aromatic nitrogens is 3. The SMILES string of the molecule is O=C(C[NH+]1CCC(n2nnc3ccccc32)CC1)N(c1ccccc1)c1ccccc1. The average molecular weight is 413 g/mol. The number of anilines is 2. The maximum atomic E-state index is 13.4. The van der Waals surface area contributed by atoms with Crippen LogP contribution in [0.15, 0.2) is 84.9 Å². The van der Waals surface area contributed by atoms with Crippen LogP contribution in [0.2, 0.25) is 0 Å². The van der Waals surface area contributed by atoms with Gasteiger partial charge in [0, 0.05) is 24.2 Å². The van der Waals surface area contributed by atoms with Crippen molar-refractivity contribution in [2.45, 2.75) is 18.9 Å². The van der Waals surface area contributed by atoms with Gasteiger partial charge < -0.3 is 4.90 Å². The summed E-state index contributed by atoms with van der Waals surface area (Å²) in [5, 5.41) is 8.69. The molecule has 0 bridgehead atoms. The fraction of sp³-hybridized carbons (Fsp3) is 0.240. The van der Waals surface area contributed by atoms with Gasteiger partial charge in [0.15, 0.2) is 6.54 Å². The summed E-state index contributed by atoms with van der Waals surface area (Å²) in [6.45, 7) is 2.37. The molecule has 1 aliphatic rings. The highest BCUT2D eigenvalue weighted by atomic mass is 16.2. The lowest BCUT2D eigenvalue weighted by Gasteiger charge is -2.31. The van der Waals surface area contributed by atoms with Crippen LogP contribution in [0.3, 0.4) is 0 Å². The molecule has 1 aliphatic heterocycles. The Balaban J connectivity index is 1.28. The van der Waals surface area contributed by atoms with E-state index >= 15 is 0 Å². The fourth-order valence-corrected chi connectivity index (χ4v) is 4.47. The van der Waals surface area contributed by atoms with E-state index in [4.69, 9.17) is 0 Å². The number of nitrogens with zero attached hydrogens (tertiary/aromatic N) is 4. The molecule has 0 radical (unpaired) electrons. The van der Waals surface area contributed by atoms with Crippen LogP contribution in [0.5, 0.6) is 0 Å². The highest BCUT2D eigenvalue weighted by molar-refractivity contribution is 6.01. The van der Waals surface area contributed by atoms with Gasteiger partial charge in [0.1, 0.15) is 5.52 Å². The molecule has 1 aromatic heterocycles. The van der Waals surface area contributed by atoms with Crippen LogP contribution in [0, 0.1) is 0 Å². The summed E-state index contributed by atoms with van der Waals surface area (Å²) in [4.78, 5) is 16.5. The number of carbonyl (C=O) groups excluding carboxylic acids is 1. The number of piperidine rings is 1. The number of benzene rings is 3. The van der Waals surface area contributed by atoms with Gasteiger partial charge in [-0.05, 0) is 36.4 Å². The molecule has 2 heterocycles. The van der Waals surface area contributed by atoms with E-state index < -0.39 is 0 Å². The number of fused-ring (bicyclic) bond motifs is 1. The van der Waals surface area contributed by atoms with Crippen LogP contribution in [-0.4, -0.2) is 40.5 Å². The maximum absolute atomic E-state index is 13.4. The molecule has 1 amide bonds. The quantitative estimate of drug-likeness (QED) is 0.548. The Labute approximate surface area is 181 Å². The monoisotopic (exact) mass is 412 g/mol. The number of carbonyl (C=O) groups is 1. The Bertz CT molecular complexity index is 1110. The Morgan fingerprint density at radius 1 is 0.871 bits per heavy atom. The Morgan fingerprint density at radius 2 is 1.45 bits per heavy atom. The smallest absolute Gasteiger partial charge is 0.286 e. The minimum Gasteiger partial charge on any atom is -0.327 e. The minimum atomic E-state index is 0.122. The molecule has 5 rings (SSSR count). The zero-order valence-electron chi connectivity index (χ0n) is 17.4. The summed E-state index contributed by atoms with van der Waals surface area (Å²) in [5.74, 6) is 0.122. The van der Waals surface area contributed by atoms with E-state index in [0.29, 0.717) is 12.6 Å². The number of nitrogens with one attached hydrogen (secondary N) is 1. The van der Waals surface area contributed by atoms with E-state index in [1.54, 1.807) is 0 Å². The molecule has 0 saturated carbocycles. The third kappa shape index (κ3) is 4.07. The van der Waals surface area contributed by atoms with Crippen molar-refractivity contribution < 1.29 is 9.69 Å². The first-order valence-electron chi connectivity index (χ1n) is 10.9. The zero-order chi connectivity index (χ0) is 21.0. The number of para-hydroxylation sites is 3. The van der Waals surface area contributed by atoms with Crippen LogP contribution < -0.4 is 9.80 Å². The van der Waals surface area contributed by atoms with Gasteiger partial charge in [-0.3, -0.25) is 9.69 Å². The molecule has 1 N–H and O–H groups in total. The molecule has 6 heteroatoms. The predicted octanol–water partition coefficient (Wildman–Crippen LogP) is 3.02. The summed E-state index contributed by atoms with van der Waals surface area (Å²) in [6.07, 6.45) is 1.99. The van der Waals surface area contributed by atoms with Crippen LogP contribution in [-0.2, 0) is 4.79 Å². The summed E-state index contributed by atoms with van der Waals surface area (Å²) >= 11 is 0. The average Bonchev–Trinajstić information content (AvgIpc) is 3.25. The van der Waals surface area contributed by atoms with Crippen molar-refractivity contribution >= 4 is 28.3 Å². The minimum absolute atomic E-state index is 0.122. The van der Waals surface area contributed by atoms with Crippen molar-refractivity contribution in [2.75, 3.05) is 24.5 Å². The van der Waals surface area contributed by atoms with Gasteiger partial charge in [-0.15, -0.1) is 5.10 Å². The molecule has 31 heavy (non-hydrogen) atoms. The Morgan fingerprint density at radius 3 is 2.10 bits per heavy atom. The highest BCUT2D eigenvalue weighted by Gasteiger charge is 2.29. The topological polar surface area (TPSA) is 55.5 Å². The number of likely N-dealkylation sites (tertiary alicyclic amines) is 1. The van der Waals surface area contributed by atoms with E-state index in [-0.39, 0.29) is 5.91 Å². The summed E-state index contributed by atoms with van der Waals surface area (Å²) in [5.41, 5.74) is 3.84. The van der Waals surface area contributed by atoms with Gasteiger partial charge in [-0.2, -0.15) is 0 Å². The van der Waals surface area contributed by atoms with Gasteiger partial charge in [0.05, 0.1) is 24.6 Å². The van der Waals surface area contributed by atoms with Crippen molar-refractivity contribution in [1.82, 2.24) is 15.0 Å². The van der Waals surface area contributed by atoms with E-state index in [1.807, 2.05) is 83.8 Å². The van der Waals surface area contributed by atoms with E-state index in [1.165, 1.54) is 4.90 Å². The molecule has 0 unspecified atom stereocenters. The third-order valence-electron chi connectivity index (χ3n) is 6.06. The first kappa shape index (κ1) is 19.5. The summed E-state index contributed by atoms with van der Waals surface area (Å²) in [7, 11) is 0. The lowest BCUT2D eigenvalue weighted by atomic mass is 10.0. The van der Waals surface area contributed by atoms with Crippen molar-refractivity contribution in [3.8, 4) is 0 Å². The lowest BCUT2D eigenvalue weighted by Crippen LogP contribution is -3.14. The molecule has 1 fully saturated rings. The Hall–Kier alpha value is -3.51. The predicted molar refractivity (Wildman–Crippen MR) is 121 cm³/mol. The standard InChI is InChI=1S/C25H25N5O/c31-25(29(20-9-3-1-4-10-20)21-11-5-2-6-12-21)19-28-17-15-22(16-18-28)30-24-14-8-7-13-23(24)26-27-30/h1-14,22H,15-19H2/p+1. The fourth-order valence-electron chi connectivity index (χ4n) is 4.47. The van der Waals surface area contributed by atoms with Crippen molar-refractivity contribution in [3.05, 3.63) is 84.9 Å². The number of hydrogen-bond donors (Lipinski definition) is 1. The number of amides is 1. The molecule has 6 nitrogen and oxygen atoms in total. The lowest BCUT2D eigenvalue weighted by molar-refractivity contribution is -0.897. The molecule has 3 aromatic carbocycles. The molecule has 0 aliphatic carbocycles. The molecule has 156 valence electrons. The highest BCUT2D eigenvalue weighted by Crippen LogP contribution is 2.25.